The molecule has 0 saturated carbocycles. The lowest BCUT2D eigenvalue weighted by molar-refractivity contribution is 0.202. The first-order valence-electron chi connectivity index (χ1n) is 6.78. The summed E-state index contributed by atoms with van der Waals surface area (Å²) in [5.74, 6) is 1.52. The van der Waals surface area contributed by atoms with E-state index in [1.165, 1.54) is 0 Å². The topological polar surface area (TPSA) is 56.5 Å². The van der Waals surface area contributed by atoms with Crippen LogP contribution in [0, 0.1) is 0 Å². The standard InChI is InChI=1S/C15H18N2O3/c1-3-17-14(13(19-2)9-16-17)15(18)11-4-5-12-10(8-11)6-7-20-12/h4-5,8-9,15,18H,3,6-7H2,1-2H3. The van der Waals surface area contributed by atoms with Gasteiger partial charge in [0.1, 0.15) is 17.5 Å². The van der Waals surface area contributed by atoms with Crippen molar-refractivity contribution in [1.29, 1.82) is 0 Å². The molecule has 1 aliphatic rings. The molecule has 20 heavy (non-hydrogen) atoms. The summed E-state index contributed by atoms with van der Waals surface area (Å²) in [7, 11) is 1.59. The van der Waals surface area contributed by atoms with Crippen molar-refractivity contribution < 1.29 is 14.6 Å². The Morgan fingerprint density at radius 3 is 3.10 bits per heavy atom. The minimum atomic E-state index is -0.752. The van der Waals surface area contributed by atoms with Crippen LogP contribution in [0.3, 0.4) is 0 Å². The van der Waals surface area contributed by atoms with E-state index in [1.54, 1.807) is 18.0 Å². The Kier molecular flexibility index (Phi) is 3.36. The normalized spacial score (nSPS) is 14.8. The molecule has 2 aromatic rings. The summed E-state index contributed by atoms with van der Waals surface area (Å²) in [5, 5.41) is 14.9. The molecule has 106 valence electrons. The highest BCUT2D eigenvalue weighted by Gasteiger charge is 2.23. The van der Waals surface area contributed by atoms with Gasteiger partial charge in [-0.25, -0.2) is 0 Å². The number of aryl methyl sites for hydroxylation is 1. The molecular weight excluding hydrogens is 256 g/mol. The van der Waals surface area contributed by atoms with Crippen molar-refractivity contribution in [3.8, 4) is 11.5 Å². The molecule has 1 aromatic carbocycles. The van der Waals surface area contributed by atoms with Gasteiger partial charge in [-0.2, -0.15) is 5.10 Å². The summed E-state index contributed by atoms with van der Waals surface area (Å²) >= 11 is 0. The maximum absolute atomic E-state index is 10.7. The van der Waals surface area contributed by atoms with Crippen LogP contribution in [-0.4, -0.2) is 28.6 Å². The highest BCUT2D eigenvalue weighted by molar-refractivity contribution is 5.43. The average Bonchev–Trinajstić information content (AvgIpc) is 3.11. The Balaban J connectivity index is 2.00. The molecule has 2 heterocycles. The molecule has 3 rings (SSSR count). The van der Waals surface area contributed by atoms with Gasteiger partial charge in [0.2, 0.25) is 0 Å². The second kappa shape index (κ2) is 5.17. The predicted molar refractivity (Wildman–Crippen MR) is 74.2 cm³/mol. The van der Waals surface area contributed by atoms with Crippen molar-refractivity contribution in [3.63, 3.8) is 0 Å². The zero-order valence-corrected chi connectivity index (χ0v) is 11.7. The number of aromatic nitrogens is 2. The molecule has 5 nitrogen and oxygen atoms in total. The molecule has 0 spiro atoms. The molecular formula is C15H18N2O3. The summed E-state index contributed by atoms with van der Waals surface area (Å²) in [6.45, 7) is 3.38. The monoisotopic (exact) mass is 274 g/mol. The summed E-state index contributed by atoms with van der Waals surface area (Å²) in [5.41, 5.74) is 2.67. The van der Waals surface area contributed by atoms with E-state index in [1.807, 2.05) is 25.1 Å². The van der Waals surface area contributed by atoms with Crippen LogP contribution in [0.1, 0.15) is 29.8 Å². The number of aliphatic hydroxyl groups excluding tert-OH is 1. The molecule has 1 unspecified atom stereocenters. The second-order valence-electron chi connectivity index (χ2n) is 4.78. The third kappa shape index (κ3) is 2.04. The molecule has 1 atom stereocenters. The Morgan fingerprint density at radius 2 is 2.35 bits per heavy atom. The fraction of sp³-hybridized carbons (Fsp3) is 0.400. The summed E-state index contributed by atoms with van der Waals surface area (Å²) in [6.07, 6.45) is 1.77. The van der Waals surface area contributed by atoms with Crippen molar-refractivity contribution in [2.24, 2.45) is 0 Å². The highest BCUT2D eigenvalue weighted by atomic mass is 16.5. The fourth-order valence-corrected chi connectivity index (χ4v) is 2.60. The van der Waals surface area contributed by atoms with Gasteiger partial charge in [-0.15, -0.1) is 0 Å². The van der Waals surface area contributed by atoms with Crippen molar-refractivity contribution in [2.45, 2.75) is 26.0 Å². The Hall–Kier alpha value is -2.01. The van der Waals surface area contributed by atoms with Crippen LogP contribution < -0.4 is 9.47 Å². The van der Waals surface area contributed by atoms with E-state index in [4.69, 9.17) is 9.47 Å². The number of nitrogens with zero attached hydrogens (tertiary/aromatic N) is 2. The number of benzene rings is 1. The second-order valence-corrected chi connectivity index (χ2v) is 4.78. The van der Waals surface area contributed by atoms with Gasteiger partial charge in [-0.1, -0.05) is 6.07 Å². The van der Waals surface area contributed by atoms with E-state index in [0.29, 0.717) is 24.6 Å². The smallest absolute Gasteiger partial charge is 0.163 e. The molecule has 0 bridgehead atoms. The van der Waals surface area contributed by atoms with Crippen molar-refractivity contribution >= 4 is 0 Å². The van der Waals surface area contributed by atoms with Crippen LogP contribution >= 0.6 is 0 Å². The quantitative estimate of drug-likeness (QED) is 0.925. The third-order valence-electron chi connectivity index (χ3n) is 3.65. The lowest BCUT2D eigenvalue weighted by Gasteiger charge is -2.15. The number of hydrogen-bond acceptors (Lipinski definition) is 4. The molecule has 1 aromatic heterocycles. The third-order valence-corrected chi connectivity index (χ3v) is 3.65. The van der Waals surface area contributed by atoms with Crippen molar-refractivity contribution in [3.05, 3.63) is 41.2 Å². The maximum atomic E-state index is 10.7. The Labute approximate surface area is 117 Å². The minimum Gasteiger partial charge on any atom is -0.493 e. The van der Waals surface area contributed by atoms with Gasteiger partial charge in [-0.3, -0.25) is 4.68 Å². The number of methoxy groups -OCH3 is 1. The summed E-state index contributed by atoms with van der Waals surface area (Å²) in [4.78, 5) is 0. The Morgan fingerprint density at radius 1 is 1.50 bits per heavy atom. The van der Waals surface area contributed by atoms with E-state index in [2.05, 4.69) is 5.10 Å². The minimum absolute atomic E-state index is 0.607. The molecule has 0 amide bonds. The van der Waals surface area contributed by atoms with Crippen LogP contribution in [0.25, 0.3) is 0 Å². The molecule has 1 aliphatic heterocycles. The number of fused-ring (bicyclic) bond motifs is 1. The summed E-state index contributed by atoms with van der Waals surface area (Å²) in [6, 6.07) is 5.81. The number of aliphatic hydroxyl groups is 1. The van der Waals surface area contributed by atoms with Crippen LogP contribution in [0.2, 0.25) is 0 Å². The van der Waals surface area contributed by atoms with Crippen molar-refractivity contribution in [1.82, 2.24) is 9.78 Å². The van der Waals surface area contributed by atoms with Gasteiger partial charge < -0.3 is 14.6 Å². The van der Waals surface area contributed by atoms with Crippen LogP contribution in [0.15, 0.2) is 24.4 Å². The lowest BCUT2D eigenvalue weighted by atomic mass is 10.0. The van der Waals surface area contributed by atoms with E-state index < -0.39 is 6.10 Å². The molecule has 5 heteroatoms. The largest absolute Gasteiger partial charge is 0.493 e. The van der Waals surface area contributed by atoms with Crippen LogP contribution in [0.5, 0.6) is 11.5 Å². The van der Waals surface area contributed by atoms with Gasteiger partial charge in [0.05, 0.1) is 19.9 Å². The first-order valence-corrected chi connectivity index (χ1v) is 6.78. The lowest BCUT2D eigenvalue weighted by Crippen LogP contribution is -2.10. The van der Waals surface area contributed by atoms with Gasteiger partial charge in [0.25, 0.3) is 0 Å². The molecule has 0 saturated heterocycles. The first-order chi connectivity index (χ1) is 9.74. The number of ether oxygens (including phenoxy) is 2. The van der Waals surface area contributed by atoms with Crippen molar-refractivity contribution in [2.75, 3.05) is 13.7 Å². The van der Waals surface area contributed by atoms with Gasteiger partial charge >= 0.3 is 0 Å². The van der Waals surface area contributed by atoms with Crippen LogP contribution in [-0.2, 0) is 13.0 Å². The molecule has 0 fully saturated rings. The van der Waals surface area contributed by atoms with Gasteiger partial charge in [0.15, 0.2) is 5.75 Å². The number of hydrogen-bond donors (Lipinski definition) is 1. The highest BCUT2D eigenvalue weighted by Crippen LogP contribution is 2.33. The first kappa shape index (κ1) is 13.0. The molecule has 1 N–H and O–H groups in total. The zero-order valence-electron chi connectivity index (χ0n) is 11.7. The van der Waals surface area contributed by atoms with E-state index in [0.717, 1.165) is 23.3 Å². The zero-order chi connectivity index (χ0) is 14.1. The van der Waals surface area contributed by atoms with E-state index in [9.17, 15) is 5.11 Å². The average molecular weight is 274 g/mol. The Bertz CT molecular complexity index is 600. The van der Waals surface area contributed by atoms with Gasteiger partial charge in [0, 0.05) is 13.0 Å². The molecule has 0 aliphatic carbocycles. The van der Waals surface area contributed by atoms with Crippen LogP contribution in [0.4, 0.5) is 0 Å². The number of rotatable bonds is 4. The van der Waals surface area contributed by atoms with Gasteiger partial charge in [-0.05, 0) is 30.2 Å². The SMILES string of the molecule is CCn1ncc(OC)c1C(O)c1ccc2c(c1)CCO2. The maximum Gasteiger partial charge on any atom is 0.163 e. The fourth-order valence-electron chi connectivity index (χ4n) is 2.60. The predicted octanol–water partition coefficient (Wildman–Crippen LogP) is 1.93. The molecule has 0 radical (unpaired) electrons. The summed E-state index contributed by atoms with van der Waals surface area (Å²) < 4.78 is 12.5. The van der Waals surface area contributed by atoms with E-state index >= 15 is 0 Å². The van der Waals surface area contributed by atoms with E-state index in [-0.39, 0.29) is 0 Å².